The number of alkyl halides is 3. The Hall–Kier alpha value is -2.64. The molecule has 0 aliphatic rings. The molecule has 0 fully saturated rings. The van der Waals surface area contributed by atoms with Crippen LogP contribution >= 0.6 is 0 Å². The van der Waals surface area contributed by atoms with Crippen molar-refractivity contribution in [1.82, 2.24) is 10.2 Å². The van der Waals surface area contributed by atoms with Crippen LogP contribution in [0.3, 0.4) is 0 Å². The number of carbonyl (C=O) groups is 1. The highest BCUT2D eigenvalue weighted by Crippen LogP contribution is 2.28. The molecule has 0 unspecified atom stereocenters. The SMILES string of the molecule is CC(C)C(=O)Nc1ccc(Oc2ccc(C(F)(F)F)nn2)cc1. The van der Waals surface area contributed by atoms with Crippen molar-refractivity contribution in [2.45, 2.75) is 20.0 Å². The molecule has 2 rings (SSSR count). The van der Waals surface area contributed by atoms with Crippen LogP contribution in [-0.4, -0.2) is 16.1 Å². The highest BCUT2D eigenvalue weighted by Gasteiger charge is 2.32. The van der Waals surface area contributed by atoms with E-state index in [4.69, 9.17) is 4.74 Å². The first kappa shape index (κ1) is 16.7. The van der Waals surface area contributed by atoms with Gasteiger partial charge in [-0.1, -0.05) is 13.8 Å². The van der Waals surface area contributed by atoms with Crippen molar-refractivity contribution in [2.24, 2.45) is 5.92 Å². The van der Waals surface area contributed by atoms with E-state index in [-0.39, 0.29) is 17.7 Å². The maximum Gasteiger partial charge on any atom is 0.435 e. The van der Waals surface area contributed by atoms with Gasteiger partial charge in [0.15, 0.2) is 5.69 Å². The first-order chi connectivity index (χ1) is 10.8. The second-order valence-electron chi connectivity index (χ2n) is 5.02. The number of amides is 1. The lowest BCUT2D eigenvalue weighted by Gasteiger charge is -2.09. The zero-order chi connectivity index (χ0) is 17.0. The van der Waals surface area contributed by atoms with E-state index in [1.54, 1.807) is 38.1 Å². The molecule has 1 heterocycles. The summed E-state index contributed by atoms with van der Waals surface area (Å²) in [5.41, 5.74) is -0.494. The van der Waals surface area contributed by atoms with Crippen molar-refractivity contribution in [3.05, 3.63) is 42.1 Å². The molecule has 0 bridgehead atoms. The van der Waals surface area contributed by atoms with Gasteiger partial charge in [0.1, 0.15) is 5.75 Å². The molecule has 0 aliphatic heterocycles. The standard InChI is InChI=1S/C15H14F3N3O2/c1-9(2)14(22)19-10-3-5-11(6-4-10)23-13-8-7-12(20-21-13)15(16,17)18/h3-9H,1-2H3,(H,19,22). The van der Waals surface area contributed by atoms with Crippen LogP contribution in [0.25, 0.3) is 0 Å². The second kappa shape index (κ2) is 6.64. The summed E-state index contributed by atoms with van der Waals surface area (Å²) < 4.78 is 42.4. The molecule has 122 valence electrons. The third-order valence-electron chi connectivity index (χ3n) is 2.80. The molecule has 1 amide bonds. The van der Waals surface area contributed by atoms with Gasteiger partial charge >= 0.3 is 6.18 Å². The van der Waals surface area contributed by atoms with Gasteiger partial charge in [-0.2, -0.15) is 13.2 Å². The topological polar surface area (TPSA) is 64.1 Å². The molecule has 0 saturated heterocycles. The van der Waals surface area contributed by atoms with Gasteiger partial charge < -0.3 is 10.1 Å². The van der Waals surface area contributed by atoms with E-state index in [2.05, 4.69) is 15.5 Å². The minimum absolute atomic E-state index is 0.0584. The van der Waals surface area contributed by atoms with Crippen molar-refractivity contribution in [2.75, 3.05) is 5.32 Å². The lowest BCUT2D eigenvalue weighted by Crippen LogP contribution is -2.17. The number of rotatable bonds is 4. The van der Waals surface area contributed by atoms with Crippen LogP contribution in [0.4, 0.5) is 18.9 Å². The number of anilines is 1. The van der Waals surface area contributed by atoms with E-state index in [9.17, 15) is 18.0 Å². The quantitative estimate of drug-likeness (QED) is 0.926. The molecule has 0 radical (unpaired) electrons. The fourth-order valence-electron chi connectivity index (χ4n) is 1.54. The number of hydrogen-bond acceptors (Lipinski definition) is 4. The Morgan fingerprint density at radius 1 is 1.09 bits per heavy atom. The molecular formula is C15H14F3N3O2. The minimum Gasteiger partial charge on any atom is -0.438 e. The molecule has 0 atom stereocenters. The number of carbonyl (C=O) groups excluding carboxylic acids is 1. The summed E-state index contributed by atoms with van der Waals surface area (Å²) in [6.07, 6.45) is -4.54. The summed E-state index contributed by atoms with van der Waals surface area (Å²) in [4.78, 5) is 11.5. The van der Waals surface area contributed by atoms with Crippen LogP contribution in [0.15, 0.2) is 36.4 Å². The Labute approximate surface area is 130 Å². The summed E-state index contributed by atoms with van der Waals surface area (Å²) >= 11 is 0. The number of nitrogens with zero attached hydrogens (tertiary/aromatic N) is 2. The third kappa shape index (κ3) is 4.67. The van der Waals surface area contributed by atoms with Gasteiger partial charge in [0.25, 0.3) is 0 Å². The molecule has 1 aromatic heterocycles. The van der Waals surface area contributed by atoms with Crippen LogP contribution in [0, 0.1) is 5.92 Å². The van der Waals surface area contributed by atoms with Gasteiger partial charge in [-0.05, 0) is 30.3 Å². The molecule has 1 N–H and O–H groups in total. The molecule has 1 aromatic carbocycles. The zero-order valence-electron chi connectivity index (χ0n) is 12.4. The minimum atomic E-state index is -4.54. The van der Waals surface area contributed by atoms with Gasteiger partial charge in [0.2, 0.25) is 11.8 Å². The van der Waals surface area contributed by atoms with Crippen LogP contribution in [0.5, 0.6) is 11.6 Å². The summed E-state index contributed by atoms with van der Waals surface area (Å²) in [6, 6.07) is 8.24. The number of benzene rings is 1. The van der Waals surface area contributed by atoms with Gasteiger partial charge in [-0.15, -0.1) is 10.2 Å². The van der Waals surface area contributed by atoms with Crippen LogP contribution in [-0.2, 0) is 11.0 Å². The van der Waals surface area contributed by atoms with Gasteiger partial charge in [-0.3, -0.25) is 4.79 Å². The van der Waals surface area contributed by atoms with Gasteiger partial charge in [-0.25, -0.2) is 0 Å². The number of halogens is 3. The Morgan fingerprint density at radius 3 is 2.22 bits per heavy atom. The van der Waals surface area contributed by atoms with E-state index in [0.717, 1.165) is 12.1 Å². The summed E-state index contributed by atoms with van der Waals surface area (Å²) in [6.45, 7) is 3.55. The first-order valence-electron chi connectivity index (χ1n) is 6.75. The van der Waals surface area contributed by atoms with Crippen LogP contribution in [0.1, 0.15) is 19.5 Å². The molecule has 5 nitrogen and oxygen atoms in total. The van der Waals surface area contributed by atoms with E-state index in [1.165, 1.54) is 0 Å². The van der Waals surface area contributed by atoms with Gasteiger partial charge in [0, 0.05) is 17.7 Å². The monoisotopic (exact) mass is 325 g/mol. The predicted octanol–water partition coefficient (Wildman–Crippen LogP) is 3.88. The summed E-state index contributed by atoms with van der Waals surface area (Å²) in [7, 11) is 0. The van der Waals surface area contributed by atoms with E-state index in [1.807, 2.05) is 0 Å². The van der Waals surface area contributed by atoms with Crippen molar-refractivity contribution in [3.63, 3.8) is 0 Å². The Kier molecular flexibility index (Phi) is 4.83. The van der Waals surface area contributed by atoms with E-state index in [0.29, 0.717) is 11.4 Å². The lowest BCUT2D eigenvalue weighted by atomic mass is 10.2. The van der Waals surface area contributed by atoms with Crippen LogP contribution < -0.4 is 10.1 Å². The van der Waals surface area contributed by atoms with E-state index >= 15 is 0 Å². The number of nitrogens with one attached hydrogen (secondary N) is 1. The summed E-state index contributed by atoms with van der Waals surface area (Å²) in [5, 5.41) is 9.15. The highest BCUT2D eigenvalue weighted by atomic mass is 19.4. The van der Waals surface area contributed by atoms with Crippen molar-refractivity contribution in [3.8, 4) is 11.6 Å². The molecule has 8 heteroatoms. The fourth-order valence-corrected chi connectivity index (χ4v) is 1.54. The zero-order valence-corrected chi connectivity index (χ0v) is 12.4. The Balaban J connectivity index is 2.02. The van der Waals surface area contributed by atoms with Gasteiger partial charge in [0.05, 0.1) is 0 Å². The van der Waals surface area contributed by atoms with Crippen molar-refractivity contribution < 1.29 is 22.7 Å². The smallest absolute Gasteiger partial charge is 0.435 e. The predicted molar refractivity (Wildman–Crippen MR) is 77.0 cm³/mol. The average Bonchev–Trinajstić information content (AvgIpc) is 2.49. The number of aromatic nitrogens is 2. The Bertz CT molecular complexity index is 668. The normalized spacial score (nSPS) is 11.4. The van der Waals surface area contributed by atoms with E-state index < -0.39 is 11.9 Å². The maximum absolute atomic E-state index is 12.4. The molecule has 0 saturated carbocycles. The third-order valence-corrected chi connectivity index (χ3v) is 2.80. The highest BCUT2D eigenvalue weighted by molar-refractivity contribution is 5.92. The fraction of sp³-hybridized carbons (Fsp3) is 0.267. The number of hydrogen-bond donors (Lipinski definition) is 1. The maximum atomic E-state index is 12.4. The molecule has 23 heavy (non-hydrogen) atoms. The summed E-state index contributed by atoms with van der Waals surface area (Å²) in [5.74, 6) is 0.0409. The molecule has 0 spiro atoms. The molecule has 2 aromatic rings. The molecule has 0 aliphatic carbocycles. The average molecular weight is 325 g/mol. The van der Waals surface area contributed by atoms with Crippen LogP contribution in [0.2, 0.25) is 0 Å². The van der Waals surface area contributed by atoms with Crippen molar-refractivity contribution >= 4 is 11.6 Å². The number of ether oxygens (including phenoxy) is 1. The largest absolute Gasteiger partial charge is 0.438 e. The first-order valence-corrected chi connectivity index (χ1v) is 6.75. The molecular weight excluding hydrogens is 311 g/mol. The van der Waals surface area contributed by atoms with Crippen molar-refractivity contribution in [1.29, 1.82) is 0 Å². The lowest BCUT2D eigenvalue weighted by molar-refractivity contribution is -0.141. The Morgan fingerprint density at radius 2 is 1.74 bits per heavy atom. The second-order valence-corrected chi connectivity index (χ2v) is 5.02.